The molecule has 0 aliphatic heterocycles. The van der Waals surface area contributed by atoms with Gasteiger partial charge in [0.05, 0.1) is 4.92 Å². The van der Waals surface area contributed by atoms with Crippen LogP contribution in [0.5, 0.6) is 0 Å². The smallest absolute Gasteiger partial charge is 0.258 e. The number of hydrogen-bond acceptors (Lipinski definition) is 3. The Balaban J connectivity index is 3.13. The Morgan fingerprint density at radius 1 is 1.58 bits per heavy atom. The van der Waals surface area contributed by atoms with Crippen LogP contribution in [0.4, 0.5) is 10.1 Å². The van der Waals surface area contributed by atoms with Crippen molar-refractivity contribution in [1.82, 2.24) is 0 Å². The van der Waals surface area contributed by atoms with Crippen LogP contribution in [-0.4, -0.2) is 4.92 Å². The van der Waals surface area contributed by atoms with Crippen LogP contribution in [0.25, 0.3) is 0 Å². The highest BCUT2D eigenvalue weighted by molar-refractivity contribution is 7.79. The molecule has 0 aromatic heterocycles. The van der Waals surface area contributed by atoms with Crippen molar-refractivity contribution in [1.29, 1.82) is 0 Å². The van der Waals surface area contributed by atoms with Crippen LogP contribution in [0.3, 0.4) is 0 Å². The molecule has 0 amide bonds. The molecule has 12 heavy (non-hydrogen) atoms. The van der Waals surface area contributed by atoms with Crippen molar-refractivity contribution in [2.75, 3.05) is 0 Å². The van der Waals surface area contributed by atoms with Crippen molar-refractivity contribution in [3.05, 3.63) is 39.7 Å². The van der Waals surface area contributed by atoms with E-state index in [0.717, 1.165) is 12.1 Å². The van der Waals surface area contributed by atoms with E-state index >= 15 is 0 Å². The summed E-state index contributed by atoms with van der Waals surface area (Å²) in [5.74, 6) is -0.302. The minimum atomic E-state index is -0.563. The summed E-state index contributed by atoms with van der Waals surface area (Å²) < 4.78 is 12.8. The molecular weight excluding hydrogens is 181 g/mol. The minimum Gasteiger partial charge on any atom is -0.258 e. The Labute approximate surface area is 73.8 Å². The average molecular weight is 187 g/mol. The monoisotopic (exact) mass is 187 g/mol. The van der Waals surface area contributed by atoms with Gasteiger partial charge in [0.15, 0.2) is 0 Å². The van der Waals surface area contributed by atoms with Gasteiger partial charge in [0.25, 0.3) is 5.69 Å². The number of hydrogen-bond donors (Lipinski definition) is 1. The number of thiol groups is 1. The predicted molar refractivity (Wildman–Crippen MR) is 45.7 cm³/mol. The van der Waals surface area contributed by atoms with E-state index in [-0.39, 0.29) is 17.0 Å². The van der Waals surface area contributed by atoms with Crippen molar-refractivity contribution in [2.45, 2.75) is 5.75 Å². The van der Waals surface area contributed by atoms with Crippen LogP contribution in [0.15, 0.2) is 18.2 Å². The summed E-state index contributed by atoms with van der Waals surface area (Å²) in [6, 6.07) is 3.38. The fourth-order valence-corrected chi connectivity index (χ4v) is 1.04. The number of rotatable bonds is 2. The van der Waals surface area contributed by atoms with E-state index in [0.29, 0.717) is 0 Å². The molecule has 0 fully saturated rings. The third kappa shape index (κ3) is 1.73. The Kier molecular flexibility index (Phi) is 2.65. The molecule has 1 rings (SSSR count). The quantitative estimate of drug-likeness (QED) is 0.438. The normalized spacial score (nSPS) is 9.83. The molecule has 0 saturated carbocycles. The lowest BCUT2D eigenvalue weighted by Gasteiger charge is -1.97. The summed E-state index contributed by atoms with van der Waals surface area (Å²) in [5, 5.41) is 10.2. The van der Waals surface area contributed by atoms with Gasteiger partial charge in [-0.2, -0.15) is 12.6 Å². The maximum atomic E-state index is 12.8. The summed E-state index contributed by atoms with van der Waals surface area (Å²) in [7, 11) is 0. The second-order valence-corrected chi connectivity index (χ2v) is 2.51. The number of halogens is 1. The van der Waals surface area contributed by atoms with E-state index in [1.54, 1.807) is 0 Å². The fourth-order valence-electron chi connectivity index (χ4n) is 0.796. The lowest BCUT2D eigenvalue weighted by Crippen LogP contribution is -1.91. The molecule has 0 aliphatic rings. The van der Waals surface area contributed by atoms with Crippen molar-refractivity contribution in [3.8, 4) is 0 Å². The van der Waals surface area contributed by atoms with Gasteiger partial charge in [-0.05, 0) is 6.07 Å². The molecule has 64 valence electrons. The zero-order chi connectivity index (χ0) is 9.14. The van der Waals surface area contributed by atoms with Crippen molar-refractivity contribution < 1.29 is 9.31 Å². The summed E-state index contributed by atoms with van der Waals surface area (Å²) in [5.41, 5.74) is 0.132. The molecule has 0 saturated heterocycles. The van der Waals surface area contributed by atoms with Gasteiger partial charge in [0.2, 0.25) is 0 Å². The predicted octanol–water partition coefficient (Wildman–Crippen LogP) is 2.16. The van der Waals surface area contributed by atoms with E-state index in [2.05, 4.69) is 12.6 Å². The second kappa shape index (κ2) is 3.53. The van der Waals surface area contributed by atoms with Gasteiger partial charge < -0.3 is 0 Å². The molecule has 3 nitrogen and oxygen atoms in total. The van der Waals surface area contributed by atoms with Crippen LogP contribution in [0.2, 0.25) is 0 Å². The average Bonchev–Trinajstić information content (AvgIpc) is 2.05. The van der Waals surface area contributed by atoms with Crippen LogP contribution >= 0.6 is 12.6 Å². The van der Waals surface area contributed by atoms with E-state index in [9.17, 15) is 14.5 Å². The van der Waals surface area contributed by atoms with Gasteiger partial charge in [-0.15, -0.1) is 0 Å². The van der Waals surface area contributed by atoms with Crippen molar-refractivity contribution in [2.24, 2.45) is 0 Å². The number of non-ortho nitro benzene ring substituents is 1. The molecule has 0 heterocycles. The van der Waals surface area contributed by atoms with Gasteiger partial charge in [0, 0.05) is 23.4 Å². The van der Waals surface area contributed by atoms with Crippen LogP contribution in [0.1, 0.15) is 5.56 Å². The van der Waals surface area contributed by atoms with Crippen LogP contribution < -0.4 is 0 Å². The molecule has 0 radical (unpaired) electrons. The Hall–Kier alpha value is -1.10. The topological polar surface area (TPSA) is 43.1 Å². The first-order valence-corrected chi connectivity index (χ1v) is 3.82. The summed E-state index contributed by atoms with van der Waals surface area (Å²) >= 11 is 3.83. The number of benzene rings is 1. The number of nitro benzene ring substituents is 1. The maximum absolute atomic E-state index is 12.8. The molecule has 1 aromatic carbocycles. The SMILES string of the molecule is O=[N+]([O-])c1ccc(F)c(CS)c1. The van der Waals surface area contributed by atoms with Gasteiger partial charge >= 0.3 is 0 Å². The van der Waals surface area contributed by atoms with E-state index < -0.39 is 10.7 Å². The highest BCUT2D eigenvalue weighted by Gasteiger charge is 2.08. The van der Waals surface area contributed by atoms with E-state index in [1.807, 2.05) is 0 Å². The van der Waals surface area contributed by atoms with Crippen molar-refractivity contribution in [3.63, 3.8) is 0 Å². The third-order valence-corrected chi connectivity index (χ3v) is 1.75. The summed E-state index contributed by atoms with van der Waals surface area (Å²) in [4.78, 5) is 9.68. The lowest BCUT2D eigenvalue weighted by molar-refractivity contribution is -0.385. The number of nitrogens with zero attached hydrogens (tertiary/aromatic N) is 1. The molecular formula is C7H6FNO2S. The lowest BCUT2D eigenvalue weighted by atomic mass is 10.2. The molecule has 1 aromatic rings. The zero-order valence-corrected chi connectivity index (χ0v) is 6.92. The molecule has 0 N–H and O–H groups in total. The van der Waals surface area contributed by atoms with E-state index in [4.69, 9.17) is 0 Å². The summed E-state index contributed by atoms with van der Waals surface area (Å²) in [6.45, 7) is 0. The molecule has 0 unspecified atom stereocenters. The minimum absolute atomic E-state index is 0.111. The first-order chi connectivity index (χ1) is 5.65. The Bertz CT molecular complexity index is 316. The van der Waals surface area contributed by atoms with Crippen molar-refractivity contribution >= 4 is 18.3 Å². The van der Waals surface area contributed by atoms with Gasteiger partial charge in [-0.1, -0.05) is 0 Å². The maximum Gasteiger partial charge on any atom is 0.269 e. The molecule has 0 atom stereocenters. The van der Waals surface area contributed by atoms with E-state index in [1.165, 1.54) is 6.07 Å². The van der Waals surface area contributed by atoms with Crippen LogP contribution in [-0.2, 0) is 5.75 Å². The molecule has 0 spiro atoms. The second-order valence-electron chi connectivity index (χ2n) is 2.19. The first-order valence-electron chi connectivity index (χ1n) is 3.19. The van der Waals surface area contributed by atoms with Gasteiger partial charge in [-0.25, -0.2) is 4.39 Å². The number of nitro groups is 1. The summed E-state index contributed by atoms with van der Waals surface area (Å²) in [6.07, 6.45) is 0. The van der Waals surface area contributed by atoms with Crippen LogP contribution in [0, 0.1) is 15.9 Å². The zero-order valence-electron chi connectivity index (χ0n) is 6.03. The Morgan fingerprint density at radius 3 is 2.75 bits per heavy atom. The third-order valence-electron chi connectivity index (χ3n) is 1.41. The highest BCUT2D eigenvalue weighted by Crippen LogP contribution is 2.17. The molecule has 5 heteroatoms. The largest absolute Gasteiger partial charge is 0.269 e. The molecule has 0 bridgehead atoms. The standard InChI is InChI=1S/C7H6FNO2S/c8-7-2-1-6(9(10)11)3-5(7)4-12/h1-3,12H,4H2. The fraction of sp³-hybridized carbons (Fsp3) is 0.143. The molecule has 0 aliphatic carbocycles. The van der Waals surface area contributed by atoms with Gasteiger partial charge in [-0.3, -0.25) is 10.1 Å². The first kappa shape index (κ1) is 8.99. The highest BCUT2D eigenvalue weighted by atomic mass is 32.1. The van der Waals surface area contributed by atoms with Gasteiger partial charge in [0.1, 0.15) is 5.82 Å². The Morgan fingerprint density at radius 2 is 2.25 bits per heavy atom.